The quantitative estimate of drug-likeness (QED) is 0.131. The predicted molar refractivity (Wildman–Crippen MR) is 213 cm³/mol. The molecule has 0 saturated heterocycles. The first-order chi connectivity index (χ1) is 22.1. The number of aliphatic hydroxyl groups is 2. The molecule has 2 N–H and O–H groups in total. The Balaban J connectivity index is 1.38. The second kappa shape index (κ2) is 17.9. The van der Waals surface area contributed by atoms with E-state index in [4.69, 9.17) is 18.9 Å². The SMILES string of the molecule is CC(C)(c1ccc(OCC(O)COc2cc(Br)cc(Br)c2)c(Br)c1Br)c1ccc(OCC(O)COc2cc(Br)cc(Br)c2)c(Br)c1Br. The lowest BCUT2D eigenvalue weighted by Gasteiger charge is -2.30. The molecule has 6 nitrogen and oxygen atoms in total. The van der Waals surface area contributed by atoms with Gasteiger partial charge in [0.1, 0.15) is 61.6 Å². The van der Waals surface area contributed by atoms with Gasteiger partial charge >= 0.3 is 0 Å². The molecule has 0 fully saturated rings. The molecule has 4 rings (SSSR count). The third-order valence-electron chi connectivity index (χ3n) is 6.86. The summed E-state index contributed by atoms with van der Waals surface area (Å²) in [6.07, 6.45) is -1.68. The van der Waals surface area contributed by atoms with Gasteiger partial charge < -0.3 is 29.2 Å². The minimum absolute atomic E-state index is 0.0472. The van der Waals surface area contributed by atoms with Crippen molar-refractivity contribution < 1.29 is 29.2 Å². The van der Waals surface area contributed by atoms with Gasteiger partial charge in [-0.15, -0.1) is 0 Å². The minimum Gasteiger partial charge on any atom is -0.491 e. The molecule has 4 aromatic carbocycles. The molecule has 14 heteroatoms. The molecular formula is C33H28Br8O6. The molecule has 0 amide bonds. The van der Waals surface area contributed by atoms with Gasteiger partial charge in [0.2, 0.25) is 0 Å². The van der Waals surface area contributed by atoms with Crippen molar-refractivity contribution in [1.29, 1.82) is 0 Å². The van der Waals surface area contributed by atoms with Crippen molar-refractivity contribution in [1.82, 2.24) is 0 Å². The molecule has 0 aliphatic heterocycles. The van der Waals surface area contributed by atoms with Crippen LogP contribution in [0.5, 0.6) is 23.0 Å². The van der Waals surface area contributed by atoms with Crippen molar-refractivity contribution in [3.8, 4) is 23.0 Å². The number of hydrogen-bond donors (Lipinski definition) is 2. The summed E-state index contributed by atoms with van der Waals surface area (Å²) >= 11 is 28.6. The summed E-state index contributed by atoms with van der Waals surface area (Å²) in [7, 11) is 0. The van der Waals surface area contributed by atoms with Crippen molar-refractivity contribution in [2.45, 2.75) is 31.5 Å². The van der Waals surface area contributed by atoms with E-state index in [9.17, 15) is 10.2 Å². The highest BCUT2D eigenvalue weighted by atomic mass is 79.9. The first-order valence-electron chi connectivity index (χ1n) is 13.9. The normalized spacial score (nSPS) is 12.9. The van der Waals surface area contributed by atoms with Gasteiger partial charge in [-0.1, -0.05) is 89.7 Å². The third-order valence-corrected chi connectivity index (χ3v) is 13.0. The Bertz CT molecular complexity index is 1550. The summed E-state index contributed by atoms with van der Waals surface area (Å²) in [5.74, 6) is 2.43. The molecule has 4 aromatic rings. The van der Waals surface area contributed by atoms with Gasteiger partial charge in [0.15, 0.2) is 0 Å². The van der Waals surface area contributed by atoms with Crippen LogP contribution in [0, 0.1) is 0 Å². The van der Waals surface area contributed by atoms with Gasteiger partial charge in [0.05, 0.1) is 8.95 Å². The van der Waals surface area contributed by atoms with Crippen LogP contribution in [0.15, 0.2) is 96.4 Å². The Labute approximate surface area is 341 Å². The molecule has 0 heterocycles. The van der Waals surface area contributed by atoms with Crippen LogP contribution in [0.2, 0.25) is 0 Å². The van der Waals surface area contributed by atoms with Crippen LogP contribution >= 0.6 is 127 Å². The summed E-state index contributed by atoms with van der Waals surface area (Å²) in [6, 6.07) is 18.9. The first kappa shape index (κ1) is 39.6. The predicted octanol–water partition coefficient (Wildman–Crippen LogP) is 11.7. The summed E-state index contributed by atoms with van der Waals surface area (Å²) in [4.78, 5) is 0. The lowest BCUT2D eigenvalue weighted by molar-refractivity contribution is 0.0623. The summed E-state index contributed by atoms with van der Waals surface area (Å²) < 4.78 is 30.0. The van der Waals surface area contributed by atoms with E-state index in [1.54, 1.807) is 0 Å². The average Bonchev–Trinajstić information content (AvgIpc) is 2.99. The van der Waals surface area contributed by atoms with Crippen molar-refractivity contribution in [2.75, 3.05) is 26.4 Å². The van der Waals surface area contributed by atoms with E-state index >= 15 is 0 Å². The Kier molecular flexibility index (Phi) is 15.1. The molecular weight excluding hydrogens is 1130 g/mol. The number of aliphatic hydroxyl groups excluding tert-OH is 2. The zero-order valence-corrected chi connectivity index (χ0v) is 37.5. The molecule has 252 valence electrons. The maximum Gasteiger partial charge on any atom is 0.134 e. The van der Waals surface area contributed by atoms with E-state index in [1.807, 2.05) is 60.7 Å². The number of rotatable bonds is 14. The summed E-state index contributed by atoms with van der Waals surface area (Å²) in [6.45, 7) is 4.49. The lowest BCUT2D eigenvalue weighted by atomic mass is 9.78. The summed E-state index contributed by atoms with van der Waals surface area (Å²) in [5, 5.41) is 21.0. The minimum atomic E-state index is -0.842. The van der Waals surface area contributed by atoms with E-state index in [-0.39, 0.29) is 26.4 Å². The van der Waals surface area contributed by atoms with Crippen molar-refractivity contribution in [2.24, 2.45) is 0 Å². The maximum absolute atomic E-state index is 10.5. The van der Waals surface area contributed by atoms with Crippen LogP contribution in [0.1, 0.15) is 25.0 Å². The maximum atomic E-state index is 10.5. The Hall–Kier alpha value is -0.160. The number of ether oxygens (including phenoxy) is 4. The van der Waals surface area contributed by atoms with Crippen molar-refractivity contribution in [3.05, 3.63) is 108 Å². The molecule has 2 unspecified atom stereocenters. The Morgan fingerprint density at radius 3 is 1.15 bits per heavy atom. The number of halogens is 8. The first-order valence-corrected chi connectivity index (χ1v) is 20.3. The van der Waals surface area contributed by atoms with E-state index in [1.165, 1.54) is 0 Å². The highest BCUT2D eigenvalue weighted by Crippen LogP contribution is 2.47. The van der Waals surface area contributed by atoms with E-state index in [0.29, 0.717) is 23.0 Å². The van der Waals surface area contributed by atoms with Crippen LogP contribution in [-0.2, 0) is 5.41 Å². The fraction of sp³-hybridized carbons (Fsp3) is 0.273. The van der Waals surface area contributed by atoms with Crippen LogP contribution in [0.3, 0.4) is 0 Å². The highest BCUT2D eigenvalue weighted by molar-refractivity contribution is 9.13. The van der Waals surface area contributed by atoms with Crippen LogP contribution in [0.4, 0.5) is 0 Å². The van der Waals surface area contributed by atoms with E-state index in [2.05, 4.69) is 141 Å². The van der Waals surface area contributed by atoms with Crippen LogP contribution in [0.25, 0.3) is 0 Å². The third kappa shape index (κ3) is 10.9. The zero-order valence-electron chi connectivity index (χ0n) is 24.8. The number of benzene rings is 4. The van der Waals surface area contributed by atoms with Gasteiger partial charge in [-0.25, -0.2) is 0 Å². The molecule has 47 heavy (non-hydrogen) atoms. The van der Waals surface area contributed by atoms with Gasteiger partial charge in [-0.05, 0) is 123 Å². The fourth-order valence-corrected chi connectivity index (χ4v) is 9.54. The smallest absolute Gasteiger partial charge is 0.134 e. The Morgan fingerprint density at radius 2 is 0.809 bits per heavy atom. The monoisotopic (exact) mass is 1150 g/mol. The standard InChI is InChI=1S/C33H28Br8O6/c1-33(2,25-3-5-27(31(40)29(25)38)46-15-21(42)13-44-23-9-17(34)7-18(35)10-23)26-4-6-28(32(41)30(26)39)47-16-22(43)14-45-24-11-19(36)8-20(37)12-24/h3-12,21-22,42-43H,13-16H2,1-2H3. The molecule has 0 aromatic heterocycles. The highest BCUT2D eigenvalue weighted by Gasteiger charge is 2.31. The average molecular weight is 1160 g/mol. The van der Waals surface area contributed by atoms with Crippen LogP contribution < -0.4 is 18.9 Å². The second-order valence-electron chi connectivity index (χ2n) is 10.9. The molecule has 0 radical (unpaired) electrons. The molecule has 0 aliphatic rings. The molecule has 0 spiro atoms. The largest absolute Gasteiger partial charge is 0.491 e. The number of hydrogen-bond acceptors (Lipinski definition) is 6. The second-order valence-corrected chi connectivity index (χ2v) is 17.7. The zero-order chi connectivity index (χ0) is 34.5. The van der Waals surface area contributed by atoms with Gasteiger partial charge in [0, 0.05) is 32.3 Å². The van der Waals surface area contributed by atoms with Gasteiger partial charge in [-0.3, -0.25) is 0 Å². The van der Waals surface area contributed by atoms with Crippen molar-refractivity contribution in [3.63, 3.8) is 0 Å². The van der Waals surface area contributed by atoms with Crippen LogP contribution in [-0.4, -0.2) is 48.8 Å². The van der Waals surface area contributed by atoms with E-state index < -0.39 is 17.6 Å². The fourth-order valence-electron chi connectivity index (χ4n) is 4.47. The van der Waals surface area contributed by atoms with Crippen molar-refractivity contribution >= 4 is 127 Å². The van der Waals surface area contributed by atoms with Gasteiger partial charge in [-0.2, -0.15) is 0 Å². The Morgan fingerprint density at radius 1 is 0.489 bits per heavy atom. The molecule has 0 saturated carbocycles. The molecule has 0 bridgehead atoms. The molecule has 2 atom stereocenters. The van der Waals surface area contributed by atoms with Gasteiger partial charge in [0.25, 0.3) is 0 Å². The van der Waals surface area contributed by atoms with E-state index in [0.717, 1.165) is 46.9 Å². The lowest BCUT2D eigenvalue weighted by Crippen LogP contribution is -2.25. The molecule has 0 aliphatic carbocycles. The summed E-state index contributed by atoms with van der Waals surface area (Å²) in [5.41, 5.74) is 1.56. The topological polar surface area (TPSA) is 77.4 Å².